The van der Waals surface area contributed by atoms with E-state index >= 15 is 0 Å². The number of ether oxygens (including phenoxy) is 1. The monoisotopic (exact) mass is 385 g/mol. The lowest BCUT2D eigenvalue weighted by Crippen LogP contribution is -2.26. The summed E-state index contributed by atoms with van der Waals surface area (Å²) in [5.74, 6) is 0.108. The maximum Gasteiger partial charge on any atom is 0.239 e. The Morgan fingerprint density at radius 3 is 2.59 bits per heavy atom. The van der Waals surface area contributed by atoms with E-state index in [0.29, 0.717) is 17.0 Å². The van der Waals surface area contributed by atoms with Crippen LogP contribution in [0.3, 0.4) is 0 Å². The SMILES string of the molecule is COc1ccc(CN2c3cc(F)c(Br)cc3CS2(=O)=O)cc1. The fraction of sp³-hybridized carbons (Fsp3) is 0.200. The highest BCUT2D eigenvalue weighted by atomic mass is 79.9. The van der Waals surface area contributed by atoms with Crippen LogP contribution in [0.4, 0.5) is 10.1 Å². The summed E-state index contributed by atoms with van der Waals surface area (Å²) >= 11 is 3.09. The predicted octanol–water partition coefficient (Wildman–Crippen LogP) is 3.45. The number of methoxy groups -OCH3 is 1. The molecule has 0 saturated carbocycles. The van der Waals surface area contributed by atoms with Crippen molar-refractivity contribution >= 4 is 31.6 Å². The van der Waals surface area contributed by atoms with Crippen molar-refractivity contribution in [1.82, 2.24) is 0 Å². The van der Waals surface area contributed by atoms with Crippen LogP contribution >= 0.6 is 15.9 Å². The lowest BCUT2D eigenvalue weighted by Gasteiger charge is -2.18. The maximum atomic E-state index is 13.8. The van der Waals surface area contributed by atoms with Crippen molar-refractivity contribution in [3.8, 4) is 5.75 Å². The van der Waals surface area contributed by atoms with Crippen LogP contribution in [-0.2, 0) is 22.3 Å². The first kappa shape index (κ1) is 15.3. The first-order chi connectivity index (χ1) is 10.4. The molecule has 0 fully saturated rings. The molecule has 0 radical (unpaired) electrons. The van der Waals surface area contributed by atoms with Gasteiger partial charge in [-0.15, -0.1) is 0 Å². The number of halogens is 2. The Bertz CT molecular complexity index is 821. The Hall–Kier alpha value is -1.60. The Kier molecular flexibility index (Phi) is 3.86. The van der Waals surface area contributed by atoms with Crippen LogP contribution in [0.2, 0.25) is 0 Å². The first-order valence-corrected chi connectivity index (χ1v) is 8.92. The number of sulfonamides is 1. The van der Waals surface area contributed by atoms with Gasteiger partial charge in [-0.05, 0) is 51.3 Å². The molecule has 0 atom stereocenters. The van der Waals surface area contributed by atoms with Gasteiger partial charge in [-0.1, -0.05) is 12.1 Å². The van der Waals surface area contributed by atoms with Gasteiger partial charge in [-0.25, -0.2) is 12.8 Å². The largest absolute Gasteiger partial charge is 0.497 e. The van der Waals surface area contributed by atoms with Gasteiger partial charge in [-0.2, -0.15) is 0 Å². The minimum absolute atomic E-state index is 0.114. The summed E-state index contributed by atoms with van der Waals surface area (Å²) in [6.45, 7) is 0.167. The van der Waals surface area contributed by atoms with Crippen LogP contribution in [0.15, 0.2) is 40.9 Å². The van der Waals surface area contributed by atoms with Crippen molar-refractivity contribution in [1.29, 1.82) is 0 Å². The van der Waals surface area contributed by atoms with Gasteiger partial charge in [0.25, 0.3) is 0 Å². The maximum absolute atomic E-state index is 13.8. The van der Waals surface area contributed by atoms with Crippen molar-refractivity contribution in [3.05, 3.63) is 57.8 Å². The van der Waals surface area contributed by atoms with Crippen LogP contribution in [-0.4, -0.2) is 15.5 Å². The van der Waals surface area contributed by atoms with Crippen LogP contribution in [0.25, 0.3) is 0 Å². The highest BCUT2D eigenvalue weighted by Gasteiger charge is 2.34. The Morgan fingerprint density at radius 1 is 1.27 bits per heavy atom. The topological polar surface area (TPSA) is 46.6 Å². The van der Waals surface area contributed by atoms with E-state index < -0.39 is 15.8 Å². The summed E-state index contributed by atoms with van der Waals surface area (Å²) in [6.07, 6.45) is 0. The highest BCUT2D eigenvalue weighted by Crippen LogP contribution is 2.37. The Morgan fingerprint density at radius 2 is 1.95 bits per heavy atom. The Labute approximate surface area is 136 Å². The summed E-state index contributed by atoms with van der Waals surface area (Å²) in [4.78, 5) is 0. The lowest BCUT2D eigenvalue weighted by atomic mass is 10.1. The van der Waals surface area contributed by atoms with Crippen molar-refractivity contribution < 1.29 is 17.5 Å². The first-order valence-electron chi connectivity index (χ1n) is 6.52. The third-order valence-corrected chi connectivity index (χ3v) is 5.83. The van der Waals surface area contributed by atoms with E-state index in [9.17, 15) is 12.8 Å². The quantitative estimate of drug-likeness (QED) is 0.812. The summed E-state index contributed by atoms with van der Waals surface area (Å²) in [5.41, 5.74) is 1.80. The molecule has 0 amide bonds. The highest BCUT2D eigenvalue weighted by molar-refractivity contribution is 9.10. The minimum atomic E-state index is -3.48. The van der Waals surface area contributed by atoms with Gasteiger partial charge >= 0.3 is 0 Å². The molecule has 0 aliphatic carbocycles. The number of nitrogens with zero attached hydrogens (tertiary/aromatic N) is 1. The fourth-order valence-corrected chi connectivity index (χ4v) is 4.42. The molecule has 0 bridgehead atoms. The molecule has 2 aromatic carbocycles. The van der Waals surface area contributed by atoms with Crippen molar-refractivity contribution in [2.75, 3.05) is 11.4 Å². The third-order valence-electron chi connectivity index (χ3n) is 3.55. The smallest absolute Gasteiger partial charge is 0.239 e. The predicted molar refractivity (Wildman–Crippen MR) is 85.9 cm³/mol. The standard InChI is InChI=1S/C15H13BrFNO3S/c1-21-12-4-2-10(3-5-12)8-18-15-7-14(17)13(16)6-11(15)9-22(18,19)20/h2-7H,8-9H2,1H3. The average Bonchev–Trinajstić information content (AvgIpc) is 2.71. The molecule has 2 aromatic rings. The molecule has 116 valence electrons. The molecule has 22 heavy (non-hydrogen) atoms. The zero-order valence-electron chi connectivity index (χ0n) is 11.7. The van der Waals surface area contributed by atoms with Gasteiger partial charge < -0.3 is 4.74 Å². The van der Waals surface area contributed by atoms with Crippen molar-refractivity contribution in [3.63, 3.8) is 0 Å². The van der Waals surface area contributed by atoms with Crippen LogP contribution in [0, 0.1) is 5.82 Å². The van der Waals surface area contributed by atoms with Crippen LogP contribution < -0.4 is 9.04 Å². The molecule has 0 aromatic heterocycles. The second-order valence-electron chi connectivity index (χ2n) is 5.01. The number of rotatable bonds is 3. The van der Waals surface area contributed by atoms with E-state index in [1.54, 1.807) is 31.4 Å². The van der Waals surface area contributed by atoms with Crippen molar-refractivity contribution in [2.45, 2.75) is 12.3 Å². The summed E-state index contributed by atoms with van der Waals surface area (Å²) in [6, 6.07) is 9.90. The van der Waals surface area contributed by atoms with E-state index in [4.69, 9.17) is 4.74 Å². The van der Waals surface area contributed by atoms with E-state index in [2.05, 4.69) is 15.9 Å². The van der Waals surface area contributed by atoms with Gasteiger partial charge in [0.15, 0.2) is 0 Å². The molecule has 1 heterocycles. The molecule has 1 aliphatic rings. The summed E-state index contributed by atoms with van der Waals surface area (Å²) in [7, 11) is -1.91. The second-order valence-corrected chi connectivity index (χ2v) is 7.75. The fourth-order valence-electron chi connectivity index (χ4n) is 2.43. The normalized spacial score (nSPS) is 15.7. The van der Waals surface area contributed by atoms with Gasteiger partial charge in [0.05, 0.1) is 29.6 Å². The zero-order valence-corrected chi connectivity index (χ0v) is 14.1. The molecule has 0 N–H and O–H groups in total. The van der Waals surface area contributed by atoms with Crippen molar-refractivity contribution in [2.24, 2.45) is 0 Å². The molecular weight excluding hydrogens is 373 g/mol. The third kappa shape index (κ3) is 2.70. The molecule has 0 spiro atoms. The Balaban J connectivity index is 1.97. The van der Waals surface area contributed by atoms with Gasteiger partial charge in [0, 0.05) is 0 Å². The van der Waals surface area contributed by atoms with Gasteiger partial charge in [0.1, 0.15) is 11.6 Å². The molecule has 0 saturated heterocycles. The summed E-state index contributed by atoms with van der Waals surface area (Å²) < 4.78 is 45.0. The molecule has 1 aliphatic heterocycles. The molecule has 3 rings (SSSR count). The summed E-state index contributed by atoms with van der Waals surface area (Å²) in [5, 5.41) is 0. The lowest BCUT2D eigenvalue weighted by molar-refractivity contribution is 0.414. The van der Waals surface area contributed by atoms with E-state index in [1.165, 1.54) is 16.4 Å². The second kappa shape index (κ2) is 5.55. The van der Waals surface area contributed by atoms with E-state index in [-0.39, 0.29) is 16.8 Å². The number of hydrogen-bond acceptors (Lipinski definition) is 3. The minimum Gasteiger partial charge on any atom is -0.497 e. The van der Waals surface area contributed by atoms with Crippen LogP contribution in [0.5, 0.6) is 5.75 Å². The van der Waals surface area contributed by atoms with E-state index in [1.807, 2.05) is 0 Å². The number of hydrogen-bond donors (Lipinski definition) is 0. The molecular formula is C15H13BrFNO3S. The molecule has 7 heteroatoms. The average molecular weight is 386 g/mol. The van der Waals surface area contributed by atoms with Gasteiger partial charge in [-0.3, -0.25) is 4.31 Å². The number of benzene rings is 2. The van der Waals surface area contributed by atoms with Crippen LogP contribution in [0.1, 0.15) is 11.1 Å². The van der Waals surface area contributed by atoms with Gasteiger partial charge in [0.2, 0.25) is 10.0 Å². The number of fused-ring (bicyclic) bond motifs is 1. The molecule has 0 unspecified atom stereocenters. The molecule has 4 nitrogen and oxygen atoms in total. The number of anilines is 1. The zero-order chi connectivity index (χ0) is 15.9. The van der Waals surface area contributed by atoms with E-state index in [0.717, 1.165) is 5.56 Å².